The van der Waals surface area contributed by atoms with Gasteiger partial charge in [0.15, 0.2) is 4.67 Å². The van der Waals surface area contributed by atoms with Crippen LogP contribution >= 0.6 is 15.9 Å². The van der Waals surface area contributed by atoms with Crippen molar-refractivity contribution in [3.05, 3.63) is 22.6 Å². The Labute approximate surface area is 85.3 Å². The lowest BCUT2D eigenvalue weighted by atomic mass is 10.3. The number of hydrogen-bond donors (Lipinski definition) is 2. The molecular formula is C8H12BrN3O. The van der Waals surface area contributed by atoms with Gasteiger partial charge in [-0.3, -0.25) is 4.99 Å². The van der Waals surface area contributed by atoms with Crippen molar-refractivity contribution < 1.29 is 4.42 Å². The first-order valence-electron chi connectivity index (χ1n) is 4.03. The molecule has 0 saturated heterocycles. The summed E-state index contributed by atoms with van der Waals surface area (Å²) in [4.78, 5) is 4.24. The first-order valence-corrected chi connectivity index (χ1v) is 4.82. The number of nitrogens with zero attached hydrogens (tertiary/aromatic N) is 1. The highest BCUT2D eigenvalue weighted by Crippen LogP contribution is 2.13. The second kappa shape index (κ2) is 5.04. The molecule has 0 fully saturated rings. The van der Waals surface area contributed by atoms with Gasteiger partial charge in [0, 0.05) is 12.6 Å². The number of hydrazine groups is 1. The summed E-state index contributed by atoms with van der Waals surface area (Å²) in [6.45, 7) is 2.81. The normalized spacial score (nSPS) is 11.8. The van der Waals surface area contributed by atoms with E-state index in [4.69, 9.17) is 10.3 Å². The Kier molecular flexibility index (Phi) is 3.98. The predicted octanol–water partition coefficient (Wildman–Crippen LogP) is 1.66. The van der Waals surface area contributed by atoms with Gasteiger partial charge in [-0.25, -0.2) is 5.84 Å². The summed E-state index contributed by atoms with van der Waals surface area (Å²) in [6, 6.07) is 1.81. The monoisotopic (exact) mass is 245 g/mol. The van der Waals surface area contributed by atoms with Crippen molar-refractivity contribution in [3.63, 3.8) is 0 Å². The van der Waals surface area contributed by atoms with E-state index in [9.17, 15) is 0 Å². The van der Waals surface area contributed by atoms with Crippen LogP contribution < -0.4 is 11.3 Å². The first-order chi connectivity index (χ1) is 6.27. The standard InChI is InChI=1S/C8H12BrN3O/c1-2-3-11-8(12-10)6-4-7(9)13-5-6/h4-5H,2-3,10H2,1H3,(H,11,12). The highest BCUT2D eigenvalue weighted by molar-refractivity contribution is 9.10. The lowest BCUT2D eigenvalue weighted by Crippen LogP contribution is -2.31. The molecule has 0 unspecified atom stereocenters. The minimum absolute atomic E-state index is 0.649. The van der Waals surface area contributed by atoms with E-state index in [1.807, 2.05) is 6.07 Å². The highest BCUT2D eigenvalue weighted by atomic mass is 79.9. The summed E-state index contributed by atoms with van der Waals surface area (Å²) in [5.74, 6) is 5.97. The number of nitrogens with two attached hydrogens (primary N) is 1. The molecule has 0 saturated carbocycles. The van der Waals surface area contributed by atoms with Gasteiger partial charge in [-0.1, -0.05) is 6.92 Å². The van der Waals surface area contributed by atoms with E-state index < -0.39 is 0 Å². The maximum atomic E-state index is 5.32. The summed E-state index contributed by atoms with van der Waals surface area (Å²) in [5, 5.41) is 0. The van der Waals surface area contributed by atoms with E-state index in [-0.39, 0.29) is 0 Å². The summed E-state index contributed by atoms with van der Waals surface area (Å²) in [7, 11) is 0. The fourth-order valence-electron chi connectivity index (χ4n) is 0.878. The molecule has 0 aliphatic carbocycles. The fourth-order valence-corrected chi connectivity index (χ4v) is 1.22. The Bertz CT molecular complexity index is 295. The van der Waals surface area contributed by atoms with Gasteiger partial charge in [-0.15, -0.1) is 0 Å². The predicted molar refractivity (Wildman–Crippen MR) is 55.4 cm³/mol. The summed E-state index contributed by atoms with van der Waals surface area (Å²) in [6.07, 6.45) is 2.59. The van der Waals surface area contributed by atoms with E-state index in [0.29, 0.717) is 10.5 Å². The zero-order valence-electron chi connectivity index (χ0n) is 7.38. The lowest BCUT2D eigenvalue weighted by Gasteiger charge is -2.00. The van der Waals surface area contributed by atoms with Crippen LogP contribution in [0.1, 0.15) is 18.9 Å². The van der Waals surface area contributed by atoms with Gasteiger partial charge in [0.2, 0.25) is 0 Å². The third-order valence-corrected chi connectivity index (χ3v) is 1.89. The number of aliphatic imine (C=N–C) groups is 1. The maximum Gasteiger partial charge on any atom is 0.169 e. The molecule has 0 aromatic carbocycles. The van der Waals surface area contributed by atoms with Crippen LogP contribution in [0.5, 0.6) is 0 Å². The van der Waals surface area contributed by atoms with Crippen LogP contribution in [-0.4, -0.2) is 12.4 Å². The zero-order chi connectivity index (χ0) is 9.68. The van der Waals surface area contributed by atoms with E-state index in [0.717, 1.165) is 18.5 Å². The molecule has 4 nitrogen and oxygen atoms in total. The van der Waals surface area contributed by atoms with Gasteiger partial charge < -0.3 is 9.84 Å². The molecule has 0 aliphatic rings. The SMILES string of the molecule is CCCN=C(NN)c1coc(Br)c1. The van der Waals surface area contributed by atoms with Crippen molar-refractivity contribution in [1.29, 1.82) is 0 Å². The molecule has 72 valence electrons. The fraction of sp³-hybridized carbons (Fsp3) is 0.375. The molecule has 1 aromatic rings. The van der Waals surface area contributed by atoms with Gasteiger partial charge in [0.1, 0.15) is 12.1 Å². The molecule has 1 heterocycles. The molecule has 5 heteroatoms. The molecule has 0 atom stereocenters. The van der Waals surface area contributed by atoms with Crippen LogP contribution in [0.4, 0.5) is 0 Å². The molecule has 1 aromatic heterocycles. The van der Waals surface area contributed by atoms with Crippen molar-refractivity contribution >= 4 is 21.8 Å². The Balaban J connectivity index is 2.77. The van der Waals surface area contributed by atoms with Crippen LogP contribution in [0.2, 0.25) is 0 Å². The average molecular weight is 246 g/mol. The number of nitrogens with one attached hydrogen (secondary N) is 1. The van der Waals surface area contributed by atoms with Crippen molar-refractivity contribution in [1.82, 2.24) is 5.43 Å². The molecule has 0 radical (unpaired) electrons. The van der Waals surface area contributed by atoms with E-state index >= 15 is 0 Å². The Morgan fingerprint density at radius 1 is 1.77 bits per heavy atom. The van der Waals surface area contributed by atoms with Gasteiger partial charge in [-0.2, -0.15) is 0 Å². The second-order valence-electron chi connectivity index (χ2n) is 2.51. The maximum absolute atomic E-state index is 5.32. The van der Waals surface area contributed by atoms with Crippen LogP contribution in [-0.2, 0) is 0 Å². The molecule has 3 N–H and O–H groups in total. The smallest absolute Gasteiger partial charge is 0.169 e. The van der Waals surface area contributed by atoms with Crippen LogP contribution in [0.3, 0.4) is 0 Å². The van der Waals surface area contributed by atoms with Crippen molar-refractivity contribution in [2.45, 2.75) is 13.3 Å². The van der Waals surface area contributed by atoms with E-state index in [1.54, 1.807) is 6.26 Å². The van der Waals surface area contributed by atoms with Crippen molar-refractivity contribution in [2.24, 2.45) is 10.8 Å². The molecule has 1 rings (SSSR count). The summed E-state index contributed by atoms with van der Waals surface area (Å²) in [5.41, 5.74) is 3.39. The van der Waals surface area contributed by atoms with Gasteiger partial charge in [0.05, 0.1) is 5.56 Å². The topological polar surface area (TPSA) is 63.5 Å². The third-order valence-electron chi connectivity index (χ3n) is 1.47. The van der Waals surface area contributed by atoms with E-state index in [2.05, 4.69) is 33.3 Å². The molecule has 0 spiro atoms. The zero-order valence-corrected chi connectivity index (χ0v) is 8.97. The number of halogens is 1. The first kappa shape index (κ1) is 10.3. The van der Waals surface area contributed by atoms with Gasteiger partial charge >= 0.3 is 0 Å². The highest BCUT2D eigenvalue weighted by Gasteiger charge is 2.04. The second-order valence-corrected chi connectivity index (χ2v) is 3.30. The summed E-state index contributed by atoms with van der Waals surface area (Å²) >= 11 is 3.21. The van der Waals surface area contributed by atoms with Gasteiger partial charge in [-0.05, 0) is 22.4 Å². The Hall–Kier alpha value is -0.810. The van der Waals surface area contributed by atoms with Gasteiger partial charge in [0.25, 0.3) is 0 Å². The van der Waals surface area contributed by atoms with Crippen molar-refractivity contribution in [3.8, 4) is 0 Å². The van der Waals surface area contributed by atoms with Crippen LogP contribution in [0.15, 0.2) is 26.4 Å². The molecular weight excluding hydrogens is 234 g/mol. The number of amidine groups is 1. The molecule has 0 amide bonds. The molecule has 0 bridgehead atoms. The van der Waals surface area contributed by atoms with E-state index in [1.165, 1.54) is 0 Å². The van der Waals surface area contributed by atoms with Crippen molar-refractivity contribution in [2.75, 3.05) is 6.54 Å². The van der Waals surface area contributed by atoms with Crippen LogP contribution in [0, 0.1) is 0 Å². The number of hydrogen-bond acceptors (Lipinski definition) is 3. The average Bonchev–Trinajstić information content (AvgIpc) is 2.54. The summed E-state index contributed by atoms with van der Waals surface area (Å²) < 4.78 is 5.74. The number of rotatable bonds is 3. The lowest BCUT2D eigenvalue weighted by molar-refractivity contribution is 0.540. The van der Waals surface area contributed by atoms with Crippen LogP contribution in [0.25, 0.3) is 0 Å². The molecule has 0 aliphatic heterocycles. The quantitative estimate of drug-likeness (QED) is 0.369. The molecule has 13 heavy (non-hydrogen) atoms. The third kappa shape index (κ3) is 2.86. The minimum Gasteiger partial charge on any atom is -0.457 e. The number of furan rings is 1. The minimum atomic E-state index is 0.649. The Morgan fingerprint density at radius 2 is 2.54 bits per heavy atom. The largest absolute Gasteiger partial charge is 0.457 e. The Morgan fingerprint density at radius 3 is 3.00 bits per heavy atom.